The van der Waals surface area contributed by atoms with E-state index in [1.807, 2.05) is 60.7 Å². The van der Waals surface area contributed by atoms with E-state index in [1.54, 1.807) is 0 Å². The van der Waals surface area contributed by atoms with Crippen molar-refractivity contribution in [3.05, 3.63) is 168 Å². The monoisotopic (exact) mass is 601 g/mol. The van der Waals surface area contributed by atoms with Crippen LogP contribution < -0.4 is 0 Å². The molecule has 0 radical (unpaired) electrons. The molecule has 2 aliphatic rings. The maximum atomic E-state index is 4.97. The molecule has 1 aromatic heterocycles. The minimum atomic E-state index is 0.658. The Kier molecular flexibility index (Phi) is 6.68. The zero-order valence-electron chi connectivity index (χ0n) is 25.9. The Hall–Kier alpha value is -5.93. The highest BCUT2D eigenvalue weighted by molar-refractivity contribution is 6.01. The van der Waals surface area contributed by atoms with E-state index in [4.69, 9.17) is 15.0 Å². The second kappa shape index (κ2) is 11.5. The van der Waals surface area contributed by atoms with Crippen LogP contribution in [-0.2, 0) is 6.42 Å². The molecule has 0 unspecified atom stereocenters. The van der Waals surface area contributed by atoms with Gasteiger partial charge in [0.1, 0.15) is 0 Å². The fraction of sp³-hybridized carbons (Fsp3) is 0.0682. The molecule has 3 nitrogen and oxygen atoms in total. The van der Waals surface area contributed by atoms with Crippen LogP contribution in [0.2, 0.25) is 0 Å². The summed E-state index contributed by atoms with van der Waals surface area (Å²) in [7, 11) is 0. The number of nitrogens with zero attached hydrogens (tertiary/aromatic N) is 3. The predicted molar refractivity (Wildman–Crippen MR) is 194 cm³/mol. The van der Waals surface area contributed by atoms with Crippen LogP contribution >= 0.6 is 0 Å². The van der Waals surface area contributed by atoms with Gasteiger partial charge < -0.3 is 0 Å². The summed E-state index contributed by atoms with van der Waals surface area (Å²) in [6, 6.07) is 49.1. The van der Waals surface area contributed by atoms with E-state index in [0.717, 1.165) is 41.5 Å². The van der Waals surface area contributed by atoms with Gasteiger partial charge in [0.05, 0.1) is 0 Å². The lowest BCUT2D eigenvalue weighted by molar-refractivity contribution is 1.02. The summed E-state index contributed by atoms with van der Waals surface area (Å²) in [5.74, 6) is 1.98. The summed E-state index contributed by atoms with van der Waals surface area (Å²) in [6.07, 6.45) is 8.19. The molecular weight excluding hydrogens is 571 g/mol. The van der Waals surface area contributed by atoms with Crippen LogP contribution in [0.3, 0.4) is 0 Å². The number of aromatic nitrogens is 3. The van der Waals surface area contributed by atoms with Crippen molar-refractivity contribution < 1.29 is 0 Å². The molecule has 9 rings (SSSR count). The second-order valence-corrected chi connectivity index (χ2v) is 12.3. The van der Waals surface area contributed by atoms with Crippen LogP contribution in [0.5, 0.6) is 0 Å². The SMILES string of the molecule is C1=C2Cc3cccc(-c4ccc5c(-c6cccc(-c7nc(-c8ccccc8)nc(-c8ccccc8)n7)c6)cccc5c4)c3C2=CCC1. The molecule has 7 aromatic rings. The average Bonchev–Trinajstić information content (AvgIpc) is 3.54. The van der Waals surface area contributed by atoms with E-state index in [9.17, 15) is 0 Å². The minimum absolute atomic E-state index is 0.658. The zero-order valence-corrected chi connectivity index (χ0v) is 25.9. The maximum absolute atomic E-state index is 4.97. The van der Waals surface area contributed by atoms with Crippen LogP contribution in [0.15, 0.2) is 157 Å². The summed E-state index contributed by atoms with van der Waals surface area (Å²) in [4.78, 5) is 14.8. The van der Waals surface area contributed by atoms with Crippen molar-refractivity contribution in [3.63, 3.8) is 0 Å². The van der Waals surface area contributed by atoms with Crippen molar-refractivity contribution in [2.24, 2.45) is 0 Å². The summed E-state index contributed by atoms with van der Waals surface area (Å²) >= 11 is 0. The number of rotatable bonds is 5. The molecule has 0 spiro atoms. The van der Waals surface area contributed by atoms with Crippen molar-refractivity contribution in [2.75, 3.05) is 0 Å². The molecule has 6 aromatic carbocycles. The predicted octanol–water partition coefficient (Wildman–Crippen LogP) is 11.0. The Morgan fingerprint density at radius 1 is 0.426 bits per heavy atom. The molecule has 47 heavy (non-hydrogen) atoms. The van der Waals surface area contributed by atoms with E-state index in [2.05, 4.69) is 91.0 Å². The third kappa shape index (κ3) is 4.97. The third-order valence-corrected chi connectivity index (χ3v) is 9.38. The number of hydrogen-bond acceptors (Lipinski definition) is 3. The van der Waals surface area contributed by atoms with E-state index >= 15 is 0 Å². The molecule has 1 heterocycles. The first-order valence-electron chi connectivity index (χ1n) is 16.3. The van der Waals surface area contributed by atoms with Crippen molar-refractivity contribution in [1.29, 1.82) is 0 Å². The first-order chi connectivity index (χ1) is 23.3. The van der Waals surface area contributed by atoms with Gasteiger partial charge in [-0.1, -0.05) is 140 Å². The van der Waals surface area contributed by atoms with Gasteiger partial charge in [0.15, 0.2) is 17.5 Å². The fourth-order valence-corrected chi connectivity index (χ4v) is 7.13. The van der Waals surface area contributed by atoms with E-state index < -0.39 is 0 Å². The lowest BCUT2D eigenvalue weighted by Gasteiger charge is -2.14. The Labute approximate surface area is 274 Å². The van der Waals surface area contributed by atoms with Gasteiger partial charge in [-0.25, -0.2) is 15.0 Å². The summed E-state index contributed by atoms with van der Waals surface area (Å²) < 4.78 is 0. The van der Waals surface area contributed by atoms with Crippen LogP contribution in [0, 0.1) is 0 Å². The molecule has 0 atom stereocenters. The number of fused-ring (bicyclic) bond motifs is 4. The third-order valence-electron chi connectivity index (χ3n) is 9.38. The normalized spacial score (nSPS) is 13.5. The van der Waals surface area contributed by atoms with E-state index in [-0.39, 0.29) is 0 Å². The topological polar surface area (TPSA) is 38.7 Å². The van der Waals surface area contributed by atoms with Gasteiger partial charge >= 0.3 is 0 Å². The lowest BCUT2D eigenvalue weighted by atomic mass is 9.90. The molecule has 0 aliphatic heterocycles. The zero-order chi connectivity index (χ0) is 31.2. The van der Waals surface area contributed by atoms with E-state index in [1.165, 1.54) is 49.7 Å². The van der Waals surface area contributed by atoms with Crippen molar-refractivity contribution in [2.45, 2.75) is 19.3 Å². The van der Waals surface area contributed by atoms with Crippen molar-refractivity contribution in [3.8, 4) is 56.4 Å². The van der Waals surface area contributed by atoms with Gasteiger partial charge in [0, 0.05) is 16.7 Å². The summed E-state index contributed by atoms with van der Waals surface area (Å²) in [6.45, 7) is 0. The Morgan fingerprint density at radius 2 is 1.02 bits per heavy atom. The van der Waals surface area contributed by atoms with Crippen molar-refractivity contribution in [1.82, 2.24) is 15.0 Å². The Balaban J connectivity index is 1.13. The van der Waals surface area contributed by atoms with E-state index in [0.29, 0.717) is 17.5 Å². The van der Waals surface area contributed by atoms with Gasteiger partial charge in [0.25, 0.3) is 0 Å². The standard InChI is InChI=1S/C44H31N3/c1-3-12-29(13-4-1)42-45-43(30-14-5-2-6-15-30)47-44(46-42)36-20-9-17-32(28-36)37-22-10-18-31-26-34(24-25-38(31)37)40-23-11-19-35-27-33-16-7-8-21-39(33)41(35)40/h1-6,9-26,28H,7-8,27H2. The molecule has 0 bridgehead atoms. The molecule has 0 saturated carbocycles. The van der Waals surface area contributed by atoms with Crippen molar-refractivity contribution >= 4 is 16.3 Å². The lowest BCUT2D eigenvalue weighted by Crippen LogP contribution is -2.00. The first kappa shape index (κ1) is 27.4. The highest BCUT2D eigenvalue weighted by Gasteiger charge is 2.25. The highest BCUT2D eigenvalue weighted by atomic mass is 15.0. The highest BCUT2D eigenvalue weighted by Crippen LogP contribution is 2.45. The number of benzene rings is 6. The van der Waals surface area contributed by atoms with Crippen LogP contribution in [0.25, 0.3) is 72.8 Å². The van der Waals surface area contributed by atoms with Crippen LogP contribution in [-0.4, -0.2) is 15.0 Å². The second-order valence-electron chi connectivity index (χ2n) is 12.3. The van der Waals surface area contributed by atoms with Gasteiger partial charge in [0.2, 0.25) is 0 Å². The smallest absolute Gasteiger partial charge is 0.164 e. The number of allylic oxidation sites excluding steroid dienone is 4. The molecule has 0 N–H and O–H groups in total. The fourth-order valence-electron chi connectivity index (χ4n) is 7.13. The van der Waals surface area contributed by atoms with Gasteiger partial charge in [-0.3, -0.25) is 0 Å². The first-order valence-corrected chi connectivity index (χ1v) is 16.3. The van der Waals surface area contributed by atoms with Crippen LogP contribution in [0.1, 0.15) is 24.0 Å². The molecule has 0 saturated heterocycles. The largest absolute Gasteiger partial charge is 0.208 e. The number of hydrogen-bond donors (Lipinski definition) is 0. The maximum Gasteiger partial charge on any atom is 0.164 e. The van der Waals surface area contributed by atoms with Gasteiger partial charge in [-0.2, -0.15) is 0 Å². The van der Waals surface area contributed by atoms with Crippen LogP contribution in [0.4, 0.5) is 0 Å². The molecule has 0 amide bonds. The Bertz CT molecular complexity index is 2310. The molecule has 3 heteroatoms. The quantitative estimate of drug-likeness (QED) is 0.197. The molecule has 2 aliphatic carbocycles. The molecule has 0 fully saturated rings. The molecular formula is C44H31N3. The Morgan fingerprint density at radius 3 is 1.79 bits per heavy atom. The van der Waals surface area contributed by atoms with Gasteiger partial charge in [-0.05, 0) is 86.7 Å². The molecule has 222 valence electrons. The van der Waals surface area contributed by atoms with Gasteiger partial charge in [-0.15, -0.1) is 0 Å². The summed E-state index contributed by atoms with van der Waals surface area (Å²) in [5, 5.41) is 2.45. The minimum Gasteiger partial charge on any atom is -0.208 e. The average molecular weight is 602 g/mol. The summed E-state index contributed by atoms with van der Waals surface area (Å²) in [5.41, 5.74) is 13.6.